The molecule has 1 heteroatoms. The van der Waals surface area contributed by atoms with Crippen molar-refractivity contribution in [1.82, 2.24) is 0 Å². The van der Waals surface area contributed by atoms with E-state index >= 15 is 0 Å². The zero-order valence-electron chi connectivity index (χ0n) is 17.8. The standard InChI is InChI=1S/C26H34O/c1-19(2)23-13-11-21(5)25(17-23)9-7-15-27-16-8-10-26-18-24(20(3)4)14-12-22(26)6/h7-14,17-20H,15-16H2,1-6H3. The third-order valence-electron chi connectivity index (χ3n) is 4.96. The van der Waals surface area contributed by atoms with Crippen LogP contribution in [0, 0.1) is 13.8 Å². The molecule has 0 aliphatic rings. The van der Waals surface area contributed by atoms with E-state index in [0.717, 1.165) is 0 Å². The molecule has 0 N–H and O–H groups in total. The van der Waals surface area contributed by atoms with Crippen molar-refractivity contribution in [3.8, 4) is 0 Å². The Morgan fingerprint density at radius 3 is 1.48 bits per heavy atom. The number of benzene rings is 2. The third kappa shape index (κ3) is 6.52. The largest absolute Gasteiger partial charge is 0.373 e. The van der Waals surface area contributed by atoms with Crippen LogP contribution in [-0.2, 0) is 4.74 Å². The number of hydrogen-bond acceptors (Lipinski definition) is 1. The fourth-order valence-electron chi connectivity index (χ4n) is 2.95. The number of rotatable bonds is 8. The van der Waals surface area contributed by atoms with Crippen molar-refractivity contribution in [2.75, 3.05) is 13.2 Å². The van der Waals surface area contributed by atoms with E-state index in [0.29, 0.717) is 25.0 Å². The van der Waals surface area contributed by atoms with E-state index < -0.39 is 0 Å². The molecular formula is C26H34O. The molecule has 0 heterocycles. The maximum atomic E-state index is 5.74. The molecule has 0 saturated heterocycles. The Morgan fingerprint density at radius 1 is 0.704 bits per heavy atom. The van der Waals surface area contributed by atoms with E-state index in [9.17, 15) is 0 Å². The fourth-order valence-corrected chi connectivity index (χ4v) is 2.95. The van der Waals surface area contributed by atoms with E-state index in [-0.39, 0.29) is 0 Å². The Morgan fingerprint density at radius 2 is 1.11 bits per heavy atom. The molecule has 0 atom stereocenters. The quantitative estimate of drug-likeness (QED) is 0.448. The first-order valence-corrected chi connectivity index (χ1v) is 10.0. The Bertz CT molecular complexity index is 726. The first kappa shape index (κ1) is 21.2. The average molecular weight is 363 g/mol. The lowest BCUT2D eigenvalue weighted by Gasteiger charge is -2.09. The molecule has 0 bridgehead atoms. The van der Waals surface area contributed by atoms with E-state index in [4.69, 9.17) is 4.74 Å². The summed E-state index contributed by atoms with van der Waals surface area (Å²) in [4.78, 5) is 0. The smallest absolute Gasteiger partial charge is 0.0655 e. The summed E-state index contributed by atoms with van der Waals surface area (Å²) in [6, 6.07) is 13.4. The fraction of sp³-hybridized carbons (Fsp3) is 0.385. The van der Waals surface area contributed by atoms with Crippen LogP contribution in [0.5, 0.6) is 0 Å². The summed E-state index contributed by atoms with van der Waals surface area (Å²) in [5, 5.41) is 0. The van der Waals surface area contributed by atoms with Crippen LogP contribution in [0.2, 0.25) is 0 Å². The van der Waals surface area contributed by atoms with Crippen LogP contribution in [0.3, 0.4) is 0 Å². The van der Waals surface area contributed by atoms with E-state index in [2.05, 4.69) is 102 Å². The highest BCUT2D eigenvalue weighted by Crippen LogP contribution is 2.20. The molecule has 27 heavy (non-hydrogen) atoms. The van der Waals surface area contributed by atoms with Crippen LogP contribution >= 0.6 is 0 Å². The molecule has 0 aliphatic heterocycles. The van der Waals surface area contributed by atoms with Gasteiger partial charge in [0, 0.05) is 0 Å². The van der Waals surface area contributed by atoms with Crippen molar-refractivity contribution in [2.24, 2.45) is 0 Å². The normalized spacial score (nSPS) is 12.1. The molecule has 0 amide bonds. The molecular weight excluding hydrogens is 328 g/mol. The second-order valence-corrected chi connectivity index (χ2v) is 7.88. The van der Waals surface area contributed by atoms with Gasteiger partial charge in [-0.15, -0.1) is 0 Å². The summed E-state index contributed by atoms with van der Waals surface area (Å²) >= 11 is 0. The summed E-state index contributed by atoms with van der Waals surface area (Å²) in [5.74, 6) is 1.11. The summed E-state index contributed by atoms with van der Waals surface area (Å²) in [6.07, 6.45) is 8.54. The SMILES string of the molecule is Cc1ccc(C(C)C)cc1C=CCOCC=Cc1cc(C(C)C)ccc1C. The van der Waals surface area contributed by atoms with Crippen molar-refractivity contribution in [3.63, 3.8) is 0 Å². The highest BCUT2D eigenvalue weighted by atomic mass is 16.5. The summed E-state index contributed by atoms with van der Waals surface area (Å²) < 4.78 is 5.74. The minimum Gasteiger partial charge on any atom is -0.373 e. The van der Waals surface area contributed by atoms with E-state index in [1.54, 1.807) is 0 Å². The van der Waals surface area contributed by atoms with E-state index in [1.165, 1.54) is 33.4 Å². The molecule has 2 aromatic carbocycles. The first-order valence-electron chi connectivity index (χ1n) is 10.0. The number of hydrogen-bond donors (Lipinski definition) is 0. The lowest BCUT2D eigenvalue weighted by Crippen LogP contribution is -1.93. The maximum absolute atomic E-state index is 5.74. The Labute approximate surface area is 165 Å². The Hall–Kier alpha value is -2.12. The van der Waals surface area contributed by atoms with Gasteiger partial charge in [-0.25, -0.2) is 0 Å². The lowest BCUT2D eigenvalue weighted by molar-refractivity contribution is 0.195. The average Bonchev–Trinajstić information content (AvgIpc) is 2.63. The van der Waals surface area contributed by atoms with Crippen LogP contribution in [0.25, 0.3) is 12.2 Å². The van der Waals surface area contributed by atoms with Crippen LogP contribution in [0.15, 0.2) is 48.6 Å². The molecule has 0 aromatic heterocycles. The summed E-state index contributed by atoms with van der Waals surface area (Å²) in [5.41, 5.74) is 7.92. The van der Waals surface area contributed by atoms with Crippen molar-refractivity contribution < 1.29 is 4.74 Å². The molecule has 2 aromatic rings. The van der Waals surface area contributed by atoms with Gasteiger partial charge in [-0.2, -0.15) is 0 Å². The predicted octanol–water partition coefficient (Wildman–Crippen LogP) is 7.29. The topological polar surface area (TPSA) is 9.23 Å². The van der Waals surface area contributed by atoms with Crippen LogP contribution in [0.4, 0.5) is 0 Å². The Balaban J connectivity index is 1.86. The van der Waals surface area contributed by atoms with Gasteiger partial charge in [0.2, 0.25) is 0 Å². The molecule has 0 saturated carbocycles. The second-order valence-electron chi connectivity index (χ2n) is 7.88. The number of ether oxygens (including phenoxy) is 1. The third-order valence-corrected chi connectivity index (χ3v) is 4.96. The monoisotopic (exact) mass is 362 g/mol. The van der Waals surface area contributed by atoms with Crippen molar-refractivity contribution in [2.45, 2.75) is 53.4 Å². The van der Waals surface area contributed by atoms with Gasteiger partial charge in [-0.05, 0) is 59.1 Å². The van der Waals surface area contributed by atoms with Crippen LogP contribution in [0.1, 0.15) is 72.9 Å². The zero-order chi connectivity index (χ0) is 19.8. The van der Waals surface area contributed by atoms with Gasteiger partial charge in [-0.1, -0.05) is 88.4 Å². The van der Waals surface area contributed by atoms with Crippen LogP contribution < -0.4 is 0 Å². The van der Waals surface area contributed by atoms with Gasteiger partial charge >= 0.3 is 0 Å². The van der Waals surface area contributed by atoms with Crippen molar-refractivity contribution >= 4 is 12.2 Å². The van der Waals surface area contributed by atoms with Gasteiger partial charge in [0.05, 0.1) is 13.2 Å². The molecule has 0 spiro atoms. The van der Waals surface area contributed by atoms with Crippen molar-refractivity contribution in [3.05, 3.63) is 81.9 Å². The minimum atomic E-state index is 0.553. The van der Waals surface area contributed by atoms with Crippen molar-refractivity contribution in [1.29, 1.82) is 0 Å². The van der Waals surface area contributed by atoms with Gasteiger partial charge in [0.1, 0.15) is 0 Å². The summed E-state index contributed by atoms with van der Waals surface area (Å²) in [7, 11) is 0. The first-order chi connectivity index (χ1) is 12.9. The van der Waals surface area contributed by atoms with Gasteiger partial charge in [0.15, 0.2) is 0 Å². The molecule has 0 aliphatic carbocycles. The minimum absolute atomic E-state index is 0.553. The van der Waals surface area contributed by atoms with Gasteiger partial charge < -0.3 is 4.74 Å². The highest BCUT2D eigenvalue weighted by molar-refractivity contribution is 5.56. The molecule has 1 nitrogen and oxygen atoms in total. The predicted molar refractivity (Wildman–Crippen MR) is 119 cm³/mol. The lowest BCUT2D eigenvalue weighted by atomic mass is 9.97. The molecule has 0 radical (unpaired) electrons. The molecule has 2 rings (SSSR count). The highest BCUT2D eigenvalue weighted by Gasteiger charge is 2.02. The second kappa shape index (κ2) is 10.3. The molecule has 0 fully saturated rings. The Kier molecular flexibility index (Phi) is 8.06. The number of aryl methyl sites for hydroxylation is 2. The summed E-state index contributed by atoms with van der Waals surface area (Å²) in [6.45, 7) is 14.5. The van der Waals surface area contributed by atoms with E-state index in [1.807, 2.05) is 0 Å². The van der Waals surface area contributed by atoms with Gasteiger partial charge in [-0.3, -0.25) is 0 Å². The molecule has 144 valence electrons. The zero-order valence-corrected chi connectivity index (χ0v) is 17.8. The van der Waals surface area contributed by atoms with Crippen LogP contribution in [-0.4, -0.2) is 13.2 Å². The molecule has 0 unspecified atom stereocenters. The maximum Gasteiger partial charge on any atom is 0.0655 e. The van der Waals surface area contributed by atoms with Gasteiger partial charge in [0.25, 0.3) is 0 Å².